The minimum atomic E-state index is -0.251. The van der Waals surface area contributed by atoms with E-state index in [1.807, 2.05) is 12.1 Å². The summed E-state index contributed by atoms with van der Waals surface area (Å²) in [5.74, 6) is 0.704. The molecule has 0 N–H and O–H groups in total. The van der Waals surface area contributed by atoms with E-state index < -0.39 is 0 Å². The Labute approximate surface area is 128 Å². The largest absolute Gasteiger partial charge is 0.490 e. The van der Waals surface area contributed by atoms with E-state index in [-0.39, 0.29) is 11.2 Å². The number of hydrogen-bond donors (Lipinski definition) is 0. The van der Waals surface area contributed by atoms with Crippen LogP contribution in [0.25, 0.3) is 0 Å². The van der Waals surface area contributed by atoms with Gasteiger partial charge in [0.25, 0.3) is 0 Å². The summed E-state index contributed by atoms with van der Waals surface area (Å²) in [6.45, 7) is 9.37. The van der Waals surface area contributed by atoms with E-state index in [0.717, 1.165) is 37.9 Å². The molecule has 1 saturated heterocycles. The molecule has 21 heavy (non-hydrogen) atoms. The molecule has 0 spiro atoms. The smallest absolute Gasteiger partial charge is 0.165 e. The molecule has 0 aliphatic carbocycles. The molecule has 0 unspecified atom stereocenters. The Morgan fingerprint density at radius 3 is 2.57 bits per heavy atom. The van der Waals surface area contributed by atoms with Crippen molar-refractivity contribution >= 4 is 0 Å². The van der Waals surface area contributed by atoms with Crippen LogP contribution in [-0.4, -0.2) is 31.6 Å². The normalized spacial score (nSPS) is 18.0. The number of benzene rings is 1. The first-order valence-electron chi connectivity index (χ1n) is 8.03. The summed E-state index contributed by atoms with van der Waals surface area (Å²) >= 11 is 0. The molecule has 2 nitrogen and oxygen atoms in total. The van der Waals surface area contributed by atoms with Crippen LogP contribution in [0.4, 0.5) is 4.39 Å². The molecule has 1 heterocycles. The monoisotopic (exact) mass is 293 g/mol. The number of piperidine rings is 1. The van der Waals surface area contributed by atoms with Crippen molar-refractivity contribution in [1.29, 1.82) is 0 Å². The fourth-order valence-corrected chi connectivity index (χ4v) is 2.68. The molecule has 0 radical (unpaired) electrons. The van der Waals surface area contributed by atoms with E-state index in [9.17, 15) is 4.39 Å². The zero-order chi connectivity index (χ0) is 15.5. The van der Waals surface area contributed by atoms with E-state index in [0.29, 0.717) is 18.3 Å². The highest BCUT2D eigenvalue weighted by molar-refractivity contribution is 5.34. The summed E-state index contributed by atoms with van der Waals surface area (Å²) in [5.41, 5.74) is 1.20. The number of halogens is 1. The standard InChI is InChI=1S/C18H28FNO/c1-5-18(2,3)15-6-7-16(19)17(12-15)21-13-14-8-10-20(4)11-9-14/h6-7,12,14H,5,8-11,13H2,1-4H3. The lowest BCUT2D eigenvalue weighted by Gasteiger charge is -2.29. The van der Waals surface area contributed by atoms with Gasteiger partial charge in [0.1, 0.15) is 0 Å². The summed E-state index contributed by atoms with van der Waals surface area (Å²) in [6, 6.07) is 5.30. The van der Waals surface area contributed by atoms with Crippen molar-refractivity contribution in [2.75, 3.05) is 26.7 Å². The van der Waals surface area contributed by atoms with Gasteiger partial charge in [-0.1, -0.05) is 26.8 Å². The molecule has 2 rings (SSSR count). The molecule has 0 aromatic heterocycles. The lowest BCUT2D eigenvalue weighted by molar-refractivity contribution is 0.157. The van der Waals surface area contributed by atoms with E-state index in [1.54, 1.807) is 0 Å². The second-order valence-electron chi connectivity index (χ2n) is 6.94. The van der Waals surface area contributed by atoms with Crippen molar-refractivity contribution in [2.45, 2.75) is 45.4 Å². The first-order chi connectivity index (χ1) is 9.92. The van der Waals surface area contributed by atoms with Crippen LogP contribution in [0.15, 0.2) is 18.2 Å². The van der Waals surface area contributed by atoms with Crippen molar-refractivity contribution in [3.63, 3.8) is 0 Å². The van der Waals surface area contributed by atoms with Gasteiger partial charge in [0.15, 0.2) is 11.6 Å². The van der Waals surface area contributed by atoms with Crippen LogP contribution < -0.4 is 4.74 Å². The van der Waals surface area contributed by atoms with Crippen LogP contribution in [-0.2, 0) is 5.41 Å². The van der Waals surface area contributed by atoms with Crippen LogP contribution in [0.3, 0.4) is 0 Å². The molecule has 1 aliphatic heterocycles. The van der Waals surface area contributed by atoms with Gasteiger partial charge in [-0.2, -0.15) is 0 Å². The van der Waals surface area contributed by atoms with E-state index in [1.165, 1.54) is 6.07 Å². The third kappa shape index (κ3) is 4.19. The summed E-state index contributed by atoms with van der Waals surface area (Å²) in [5, 5.41) is 0. The zero-order valence-corrected chi connectivity index (χ0v) is 13.8. The highest BCUT2D eigenvalue weighted by Crippen LogP contribution is 2.31. The number of rotatable bonds is 5. The van der Waals surface area contributed by atoms with Crippen LogP contribution in [0.1, 0.15) is 45.6 Å². The average molecular weight is 293 g/mol. The first-order valence-corrected chi connectivity index (χ1v) is 8.03. The van der Waals surface area contributed by atoms with Crippen molar-refractivity contribution in [2.24, 2.45) is 5.92 Å². The maximum absolute atomic E-state index is 13.9. The van der Waals surface area contributed by atoms with Crippen molar-refractivity contribution in [1.82, 2.24) is 4.90 Å². The second kappa shape index (κ2) is 6.78. The first kappa shape index (κ1) is 16.3. The highest BCUT2D eigenvalue weighted by Gasteiger charge is 2.21. The Bertz CT molecular complexity index is 464. The lowest BCUT2D eigenvalue weighted by Crippen LogP contribution is -2.32. The van der Waals surface area contributed by atoms with Gasteiger partial charge in [-0.25, -0.2) is 4.39 Å². The predicted octanol–water partition coefficient (Wildman–Crippen LogP) is 4.23. The molecule has 0 saturated carbocycles. The van der Waals surface area contributed by atoms with Gasteiger partial charge < -0.3 is 9.64 Å². The van der Waals surface area contributed by atoms with Crippen LogP contribution >= 0.6 is 0 Å². The molecule has 1 aromatic carbocycles. The van der Waals surface area contributed by atoms with Crippen molar-refractivity contribution in [3.05, 3.63) is 29.6 Å². The maximum Gasteiger partial charge on any atom is 0.165 e. The number of hydrogen-bond acceptors (Lipinski definition) is 2. The highest BCUT2D eigenvalue weighted by atomic mass is 19.1. The van der Waals surface area contributed by atoms with Crippen molar-refractivity contribution < 1.29 is 9.13 Å². The van der Waals surface area contributed by atoms with Crippen LogP contribution in [0.5, 0.6) is 5.75 Å². The van der Waals surface area contributed by atoms with Gasteiger partial charge in [-0.05, 0) is 68.4 Å². The summed E-state index contributed by atoms with van der Waals surface area (Å²) in [6.07, 6.45) is 3.30. The molecule has 1 fully saturated rings. The van der Waals surface area contributed by atoms with Gasteiger partial charge in [0, 0.05) is 0 Å². The summed E-state index contributed by atoms with van der Waals surface area (Å²) < 4.78 is 19.7. The molecule has 0 amide bonds. The topological polar surface area (TPSA) is 12.5 Å². The fraction of sp³-hybridized carbons (Fsp3) is 0.667. The fourth-order valence-electron chi connectivity index (χ4n) is 2.68. The second-order valence-corrected chi connectivity index (χ2v) is 6.94. The number of likely N-dealkylation sites (tertiary alicyclic amines) is 1. The molecular formula is C18H28FNO. The van der Waals surface area contributed by atoms with E-state index in [2.05, 4.69) is 32.7 Å². The van der Waals surface area contributed by atoms with Gasteiger partial charge in [-0.15, -0.1) is 0 Å². The Morgan fingerprint density at radius 2 is 1.95 bits per heavy atom. The molecule has 1 aliphatic rings. The minimum absolute atomic E-state index is 0.0549. The number of nitrogens with zero attached hydrogens (tertiary/aromatic N) is 1. The van der Waals surface area contributed by atoms with Gasteiger partial charge in [-0.3, -0.25) is 0 Å². The molecular weight excluding hydrogens is 265 g/mol. The quantitative estimate of drug-likeness (QED) is 0.805. The average Bonchev–Trinajstić information content (AvgIpc) is 2.48. The lowest BCUT2D eigenvalue weighted by atomic mass is 9.82. The molecule has 1 aromatic rings. The summed E-state index contributed by atoms with van der Waals surface area (Å²) in [4.78, 5) is 2.33. The minimum Gasteiger partial charge on any atom is -0.490 e. The Morgan fingerprint density at radius 1 is 1.29 bits per heavy atom. The molecule has 3 heteroatoms. The van der Waals surface area contributed by atoms with Crippen LogP contribution in [0, 0.1) is 11.7 Å². The molecule has 0 atom stereocenters. The third-order valence-electron chi connectivity index (χ3n) is 4.91. The summed E-state index contributed by atoms with van der Waals surface area (Å²) in [7, 11) is 2.15. The van der Waals surface area contributed by atoms with E-state index >= 15 is 0 Å². The predicted molar refractivity (Wildman–Crippen MR) is 85.4 cm³/mol. The Hall–Kier alpha value is -1.09. The Kier molecular flexibility index (Phi) is 5.26. The van der Waals surface area contributed by atoms with Gasteiger partial charge >= 0.3 is 0 Å². The molecule has 118 valence electrons. The van der Waals surface area contributed by atoms with Gasteiger partial charge in [0.05, 0.1) is 6.61 Å². The molecule has 0 bridgehead atoms. The number of ether oxygens (including phenoxy) is 1. The van der Waals surface area contributed by atoms with Crippen molar-refractivity contribution in [3.8, 4) is 5.75 Å². The third-order valence-corrected chi connectivity index (χ3v) is 4.91. The van der Waals surface area contributed by atoms with E-state index in [4.69, 9.17) is 4.74 Å². The maximum atomic E-state index is 13.9. The van der Waals surface area contributed by atoms with Crippen LogP contribution in [0.2, 0.25) is 0 Å². The van der Waals surface area contributed by atoms with Gasteiger partial charge in [0.2, 0.25) is 0 Å². The Balaban J connectivity index is 2.01. The zero-order valence-electron chi connectivity index (χ0n) is 13.8. The SMILES string of the molecule is CCC(C)(C)c1ccc(F)c(OCC2CCN(C)CC2)c1.